The van der Waals surface area contributed by atoms with Crippen molar-refractivity contribution in [3.8, 4) is 0 Å². The molecule has 2 amide bonds. The Hall–Kier alpha value is -3.13. The van der Waals surface area contributed by atoms with Crippen LogP contribution in [-0.4, -0.2) is 38.2 Å². The number of pyridine rings is 1. The van der Waals surface area contributed by atoms with Crippen LogP contribution >= 0.6 is 11.3 Å². The van der Waals surface area contributed by atoms with E-state index in [1.165, 1.54) is 29.0 Å². The number of aryl methyl sites for hydroxylation is 2. The van der Waals surface area contributed by atoms with Gasteiger partial charge in [-0.1, -0.05) is 6.07 Å². The summed E-state index contributed by atoms with van der Waals surface area (Å²) < 4.78 is 0. The fourth-order valence-electron chi connectivity index (χ4n) is 3.87. The van der Waals surface area contributed by atoms with Gasteiger partial charge in [0, 0.05) is 55.2 Å². The van der Waals surface area contributed by atoms with Crippen LogP contribution in [0.25, 0.3) is 0 Å². The topological polar surface area (TPSA) is 88.1 Å². The van der Waals surface area contributed by atoms with E-state index in [4.69, 9.17) is 0 Å². The van der Waals surface area contributed by atoms with Gasteiger partial charge in [0.2, 0.25) is 5.91 Å². The van der Waals surface area contributed by atoms with Crippen LogP contribution in [-0.2, 0) is 30.7 Å². The van der Waals surface area contributed by atoms with Gasteiger partial charge >= 0.3 is 0 Å². The second-order valence-corrected chi connectivity index (χ2v) is 8.63. The molecule has 8 heteroatoms. The highest BCUT2D eigenvalue weighted by Crippen LogP contribution is 2.25. The summed E-state index contributed by atoms with van der Waals surface area (Å²) in [5.74, 6) is -0.0660. The zero-order chi connectivity index (χ0) is 21.6. The van der Waals surface area contributed by atoms with Gasteiger partial charge in [-0.05, 0) is 54.3 Å². The molecular weight excluding hydrogens is 410 g/mol. The molecule has 4 rings (SSSR count). The first-order valence-corrected chi connectivity index (χ1v) is 11.3. The van der Waals surface area contributed by atoms with E-state index in [9.17, 15) is 9.59 Å². The average Bonchev–Trinajstić information content (AvgIpc) is 3.32. The van der Waals surface area contributed by atoms with Crippen LogP contribution in [0.4, 0.5) is 0 Å². The van der Waals surface area contributed by atoms with E-state index in [1.54, 1.807) is 11.3 Å². The Kier molecular flexibility index (Phi) is 6.66. The number of fused-ring (bicyclic) bond motifs is 1. The number of hydrogen-bond acceptors (Lipinski definition) is 6. The lowest BCUT2D eigenvalue weighted by molar-refractivity contribution is -0.132. The van der Waals surface area contributed by atoms with Gasteiger partial charge < -0.3 is 10.2 Å². The summed E-state index contributed by atoms with van der Waals surface area (Å²) in [5.41, 5.74) is 4.47. The maximum absolute atomic E-state index is 12.7. The van der Waals surface area contributed by atoms with Gasteiger partial charge in [-0.25, -0.2) is 4.98 Å². The van der Waals surface area contributed by atoms with Crippen LogP contribution < -0.4 is 5.32 Å². The minimum Gasteiger partial charge on any atom is -0.346 e. The fraction of sp³-hybridized carbons (Fsp3) is 0.348. The van der Waals surface area contributed by atoms with Crippen molar-refractivity contribution in [2.75, 3.05) is 6.54 Å². The summed E-state index contributed by atoms with van der Waals surface area (Å²) in [4.78, 5) is 40.8. The molecule has 0 unspecified atom stereocenters. The smallest absolute Gasteiger partial charge is 0.271 e. The maximum atomic E-state index is 12.7. The molecule has 3 aromatic heterocycles. The normalized spacial score (nSPS) is 13.0. The lowest BCUT2D eigenvalue weighted by Crippen LogP contribution is -2.37. The largest absolute Gasteiger partial charge is 0.346 e. The molecule has 7 nitrogen and oxygen atoms in total. The van der Waals surface area contributed by atoms with E-state index < -0.39 is 0 Å². The third-order valence-electron chi connectivity index (χ3n) is 5.56. The molecule has 0 fully saturated rings. The molecule has 3 aromatic rings. The van der Waals surface area contributed by atoms with Gasteiger partial charge in [0.05, 0.1) is 6.20 Å². The molecule has 0 aromatic carbocycles. The molecule has 1 aliphatic heterocycles. The Balaban J connectivity index is 1.37. The first kappa shape index (κ1) is 21.1. The molecule has 31 heavy (non-hydrogen) atoms. The molecule has 0 saturated heterocycles. The summed E-state index contributed by atoms with van der Waals surface area (Å²) >= 11 is 1.74. The van der Waals surface area contributed by atoms with Crippen molar-refractivity contribution < 1.29 is 9.59 Å². The first-order chi connectivity index (χ1) is 15.1. The second-order valence-electron chi connectivity index (χ2n) is 7.60. The number of nitrogens with one attached hydrogen (secondary N) is 1. The minimum atomic E-state index is -0.261. The van der Waals surface area contributed by atoms with Crippen LogP contribution in [0, 0.1) is 6.92 Å². The van der Waals surface area contributed by atoms with Crippen molar-refractivity contribution in [1.82, 2.24) is 25.2 Å². The molecule has 0 bridgehead atoms. The summed E-state index contributed by atoms with van der Waals surface area (Å²) in [6.45, 7) is 3.60. The van der Waals surface area contributed by atoms with E-state index in [-0.39, 0.29) is 17.5 Å². The Morgan fingerprint density at radius 2 is 2.13 bits per heavy atom. The Bertz CT molecular complexity index is 1050. The Labute approximate surface area is 185 Å². The van der Waals surface area contributed by atoms with Crippen LogP contribution in [0.3, 0.4) is 0 Å². The lowest BCUT2D eigenvalue weighted by Gasteiger charge is -2.30. The molecule has 0 saturated carbocycles. The number of carbonyl (C=O) groups excluding carboxylic acids is 2. The third-order valence-corrected chi connectivity index (χ3v) is 6.50. The zero-order valence-electron chi connectivity index (χ0n) is 17.5. The number of nitrogens with zero attached hydrogens (tertiary/aromatic N) is 4. The maximum Gasteiger partial charge on any atom is 0.271 e. The number of rotatable bonds is 7. The van der Waals surface area contributed by atoms with Crippen molar-refractivity contribution in [2.45, 2.75) is 45.7 Å². The molecule has 0 spiro atoms. The van der Waals surface area contributed by atoms with Crippen molar-refractivity contribution in [3.05, 3.63) is 75.3 Å². The number of amides is 2. The molecular formula is C23H25N5O2S. The second kappa shape index (κ2) is 9.78. The van der Waals surface area contributed by atoms with Gasteiger partial charge in [0.15, 0.2) is 0 Å². The monoisotopic (exact) mass is 435 g/mol. The van der Waals surface area contributed by atoms with Gasteiger partial charge in [-0.2, -0.15) is 0 Å². The summed E-state index contributed by atoms with van der Waals surface area (Å²) in [6.07, 6.45) is 9.50. The van der Waals surface area contributed by atoms with Gasteiger partial charge in [0.25, 0.3) is 5.91 Å². The predicted octanol–water partition coefficient (Wildman–Crippen LogP) is 3.08. The first-order valence-electron chi connectivity index (χ1n) is 10.4. The van der Waals surface area contributed by atoms with E-state index in [0.717, 1.165) is 36.1 Å². The van der Waals surface area contributed by atoms with Gasteiger partial charge in [-0.15, -0.1) is 11.3 Å². The SMILES string of the molecule is Cc1ncc2c(c1CNC(=O)c1cnccn1)CCN(C(=O)CCCc1cccs1)C2. The van der Waals surface area contributed by atoms with Crippen LogP contribution in [0.5, 0.6) is 0 Å². The molecule has 0 atom stereocenters. The van der Waals surface area contributed by atoms with Gasteiger partial charge in [-0.3, -0.25) is 19.6 Å². The van der Waals surface area contributed by atoms with E-state index in [1.807, 2.05) is 24.1 Å². The summed E-state index contributed by atoms with van der Waals surface area (Å²) in [5, 5.41) is 4.99. The van der Waals surface area contributed by atoms with Crippen LogP contribution in [0.15, 0.2) is 42.3 Å². The predicted molar refractivity (Wildman–Crippen MR) is 119 cm³/mol. The third kappa shape index (κ3) is 5.14. The van der Waals surface area contributed by atoms with Crippen molar-refractivity contribution in [1.29, 1.82) is 0 Å². The molecule has 1 aliphatic rings. The Morgan fingerprint density at radius 3 is 2.90 bits per heavy atom. The van der Waals surface area contributed by atoms with Crippen molar-refractivity contribution in [2.24, 2.45) is 0 Å². The zero-order valence-corrected chi connectivity index (χ0v) is 18.3. The van der Waals surface area contributed by atoms with E-state index >= 15 is 0 Å². The number of hydrogen-bond donors (Lipinski definition) is 1. The summed E-state index contributed by atoms with van der Waals surface area (Å²) in [6, 6.07) is 4.16. The Morgan fingerprint density at radius 1 is 1.23 bits per heavy atom. The molecule has 0 aliphatic carbocycles. The highest BCUT2D eigenvalue weighted by molar-refractivity contribution is 7.09. The fourth-order valence-corrected chi connectivity index (χ4v) is 4.62. The van der Waals surface area contributed by atoms with Gasteiger partial charge in [0.1, 0.15) is 5.69 Å². The number of carbonyl (C=O) groups is 2. The van der Waals surface area contributed by atoms with E-state index in [2.05, 4.69) is 31.7 Å². The van der Waals surface area contributed by atoms with Crippen LogP contribution in [0.2, 0.25) is 0 Å². The molecule has 1 N–H and O–H groups in total. The molecule has 160 valence electrons. The highest BCUT2D eigenvalue weighted by Gasteiger charge is 2.24. The average molecular weight is 436 g/mol. The van der Waals surface area contributed by atoms with Crippen molar-refractivity contribution in [3.63, 3.8) is 0 Å². The lowest BCUT2D eigenvalue weighted by atomic mass is 9.94. The standard InChI is InChI=1S/C23H25N5O2S/c1-16-20(13-27-23(30)21-14-24-8-9-25-21)19-7-10-28(15-17(19)12-26-16)22(29)6-2-4-18-5-3-11-31-18/h3,5,8-9,11-12,14H,2,4,6-7,10,13,15H2,1H3,(H,27,30). The quantitative estimate of drug-likeness (QED) is 0.616. The van der Waals surface area contributed by atoms with E-state index in [0.29, 0.717) is 26.1 Å². The van der Waals surface area contributed by atoms with Crippen LogP contribution in [0.1, 0.15) is 50.6 Å². The highest BCUT2D eigenvalue weighted by atomic mass is 32.1. The summed E-state index contributed by atoms with van der Waals surface area (Å²) in [7, 11) is 0. The number of thiophene rings is 1. The molecule has 0 radical (unpaired) electrons. The minimum absolute atomic E-state index is 0.195. The molecule has 4 heterocycles. The number of aromatic nitrogens is 3. The van der Waals surface area contributed by atoms with Crippen molar-refractivity contribution >= 4 is 23.2 Å².